The molecule has 0 heterocycles. The molecule has 0 aliphatic carbocycles. The van der Waals surface area contributed by atoms with Crippen LogP contribution >= 0.6 is 23.2 Å². The minimum absolute atomic E-state index is 0.140. The second-order valence-corrected chi connectivity index (χ2v) is 8.28. The van der Waals surface area contributed by atoms with Crippen molar-refractivity contribution in [2.45, 2.75) is 6.92 Å². The van der Waals surface area contributed by atoms with Gasteiger partial charge in [-0.1, -0.05) is 23.2 Å². The van der Waals surface area contributed by atoms with E-state index in [4.69, 9.17) is 27.9 Å². The first-order valence-corrected chi connectivity index (χ1v) is 10.0. The van der Waals surface area contributed by atoms with Crippen molar-refractivity contribution in [2.24, 2.45) is 0 Å². The van der Waals surface area contributed by atoms with Crippen LogP contribution in [0, 0.1) is 0 Å². The number of benzene rings is 2. The quantitative estimate of drug-likeness (QED) is 0.744. The van der Waals surface area contributed by atoms with Crippen LogP contribution in [-0.4, -0.2) is 33.7 Å². The maximum Gasteiger partial charge on any atom is 0.245 e. The van der Waals surface area contributed by atoms with Crippen molar-refractivity contribution in [1.29, 1.82) is 0 Å². The second-order valence-electron chi connectivity index (χ2n) is 5.28. The van der Waals surface area contributed by atoms with Gasteiger partial charge in [-0.25, -0.2) is 8.42 Å². The summed E-state index contributed by atoms with van der Waals surface area (Å²) in [5, 5.41) is 3.26. The predicted octanol–water partition coefficient (Wildman–Crippen LogP) is 3.80. The van der Waals surface area contributed by atoms with Gasteiger partial charge in [0, 0.05) is 5.69 Å². The number of rotatable bonds is 7. The van der Waals surface area contributed by atoms with Crippen LogP contribution in [0.3, 0.4) is 0 Å². The Labute approximate surface area is 162 Å². The number of nitrogens with zero attached hydrogens (tertiary/aromatic N) is 1. The van der Waals surface area contributed by atoms with E-state index in [1.165, 1.54) is 20.1 Å². The Hall–Kier alpha value is -1.96. The maximum atomic E-state index is 12.4. The van der Waals surface area contributed by atoms with E-state index in [2.05, 4.69) is 5.32 Å². The van der Waals surface area contributed by atoms with Crippen molar-refractivity contribution >= 4 is 50.5 Å². The molecule has 9 heteroatoms. The molecule has 0 saturated heterocycles. The zero-order valence-corrected chi connectivity index (χ0v) is 16.5. The SMILES string of the molecule is CCS(=O)(=O)N(CC(=O)Nc1ccc(Cl)c(Cl)c1)c1ccc(OC)cc1. The summed E-state index contributed by atoms with van der Waals surface area (Å²) >= 11 is 11.8. The van der Waals surface area contributed by atoms with Crippen LogP contribution in [0.1, 0.15) is 6.92 Å². The van der Waals surface area contributed by atoms with Gasteiger partial charge in [0.1, 0.15) is 12.3 Å². The van der Waals surface area contributed by atoms with Gasteiger partial charge in [0.05, 0.1) is 28.6 Å². The number of anilines is 2. The van der Waals surface area contributed by atoms with E-state index in [0.29, 0.717) is 22.1 Å². The van der Waals surface area contributed by atoms with Crippen LogP contribution in [0.5, 0.6) is 5.75 Å². The smallest absolute Gasteiger partial charge is 0.245 e. The molecule has 140 valence electrons. The van der Waals surface area contributed by atoms with Crippen molar-refractivity contribution < 1.29 is 17.9 Å². The van der Waals surface area contributed by atoms with E-state index in [9.17, 15) is 13.2 Å². The first-order chi connectivity index (χ1) is 12.3. The number of carbonyl (C=O) groups excluding carboxylic acids is 1. The van der Waals surface area contributed by atoms with Crippen molar-refractivity contribution in [3.05, 3.63) is 52.5 Å². The van der Waals surface area contributed by atoms with Gasteiger partial charge in [0.25, 0.3) is 0 Å². The van der Waals surface area contributed by atoms with E-state index < -0.39 is 15.9 Å². The molecule has 2 rings (SSSR count). The molecule has 0 aliphatic rings. The van der Waals surface area contributed by atoms with Gasteiger partial charge in [0.15, 0.2) is 0 Å². The highest BCUT2D eigenvalue weighted by Gasteiger charge is 2.23. The zero-order valence-electron chi connectivity index (χ0n) is 14.2. The van der Waals surface area contributed by atoms with Gasteiger partial charge in [-0.2, -0.15) is 0 Å². The molecule has 0 bridgehead atoms. The molecule has 0 aromatic heterocycles. The third-order valence-electron chi connectivity index (χ3n) is 3.55. The monoisotopic (exact) mass is 416 g/mol. The molecule has 0 unspecified atom stereocenters. The molecule has 0 radical (unpaired) electrons. The Kier molecular flexibility index (Phi) is 6.75. The van der Waals surface area contributed by atoms with Crippen molar-refractivity contribution in [3.8, 4) is 5.75 Å². The minimum atomic E-state index is -3.65. The van der Waals surface area contributed by atoms with Crippen LogP contribution in [0.4, 0.5) is 11.4 Å². The Morgan fingerprint density at radius 3 is 2.31 bits per heavy atom. The Morgan fingerprint density at radius 1 is 1.12 bits per heavy atom. The minimum Gasteiger partial charge on any atom is -0.497 e. The lowest BCUT2D eigenvalue weighted by Gasteiger charge is -2.23. The lowest BCUT2D eigenvalue weighted by atomic mass is 10.3. The molecule has 0 fully saturated rings. The lowest BCUT2D eigenvalue weighted by molar-refractivity contribution is -0.114. The van der Waals surface area contributed by atoms with E-state index in [1.807, 2.05) is 0 Å². The molecular weight excluding hydrogens is 399 g/mol. The highest BCUT2D eigenvalue weighted by Crippen LogP contribution is 2.25. The van der Waals surface area contributed by atoms with E-state index in [-0.39, 0.29) is 17.3 Å². The Morgan fingerprint density at radius 2 is 1.77 bits per heavy atom. The molecule has 0 spiro atoms. The number of ether oxygens (including phenoxy) is 1. The second kappa shape index (κ2) is 8.62. The van der Waals surface area contributed by atoms with Gasteiger partial charge in [-0.15, -0.1) is 0 Å². The summed E-state index contributed by atoms with van der Waals surface area (Å²) in [6, 6.07) is 11.0. The average Bonchev–Trinajstić information content (AvgIpc) is 2.63. The number of hydrogen-bond acceptors (Lipinski definition) is 4. The van der Waals surface area contributed by atoms with Crippen LogP contribution < -0.4 is 14.4 Å². The summed E-state index contributed by atoms with van der Waals surface area (Å²) in [5.41, 5.74) is 0.796. The molecule has 0 saturated carbocycles. The first kappa shape index (κ1) is 20.4. The predicted molar refractivity (Wildman–Crippen MR) is 105 cm³/mol. The highest BCUT2D eigenvalue weighted by molar-refractivity contribution is 7.92. The summed E-state index contributed by atoms with van der Waals surface area (Å²) in [6.07, 6.45) is 0. The third kappa shape index (κ3) is 5.03. The van der Waals surface area contributed by atoms with E-state index in [0.717, 1.165) is 4.31 Å². The fourth-order valence-corrected chi connectivity index (χ4v) is 3.53. The third-order valence-corrected chi connectivity index (χ3v) is 6.03. The van der Waals surface area contributed by atoms with Crippen LogP contribution in [0.25, 0.3) is 0 Å². The topological polar surface area (TPSA) is 75.7 Å². The van der Waals surface area contributed by atoms with Gasteiger partial charge in [-0.05, 0) is 49.4 Å². The van der Waals surface area contributed by atoms with Gasteiger partial charge >= 0.3 is 0 Å². The molecular formula is C17H18Cl2N2O4S. The highest BCUT2D eigenvalue weighted by atomic mass is 35.5. The molecule has 6 nitrogen and oxygen atoms in total. The van der Waals surface area contributed by atoms with Crippen molar-refractivity contribution in [2.75, 3.05) is 29.0 Å². The largest absolute Gasteiger partial charge is 0.497 e. The summed E-state index contributed by atoms with van der Waals surface area (Å²) in [7, 11) is -2.14. The first-order valence-electron chi connectivity index (χ1n) is 7.66. The maximum absolute atomic E-state index is 12.4. The number of amides is 1. The molecule has 0 aliphatic heterocycles. The van der Waals surface area contributed by atoms with Gasteiger partial charge in [-0.3, -0.25) is 9.10 Å². The molecule has 2 aromatic carbocycles. The summed E-state index contributed by atoms with van der Waals surface area (Å²) < 4.78 is 31.0. The fourth-order valence-electron chi connectivity index (χ4n) is 2.16. The Balaban J connectivity index is 2.22. The van der Waals surface area contributed by atoms with Gasteiger partial charge < -0.3 is 10.1 Å². The summed E-state index contributed by atoms with van der Waals surface area (Å²) in [6.45, 7) is 1.14. The number of nitrogens with one attached hydrogen (secondary N) is 1. The van der Waals surface area contributed by atoms with Crippen molar-refractivity contribution in [3.63, 3.8) is 0 Å². The number of carbonyl (C=O) groups is 1. The summed E-state index contributed by atoms with van der Waals surface area (Å²) in [4.78, 5) is 12.4. The number of methoxy groups -OCH3 is 1. The lowest BCUT2D eigenvalue weighted by Crippen LogP contribution is -2.39. The molecule has 2 aromatic rings. The van der Waals surface area contributed by atoms with E-state index in [1.54, 1.807) is 36.4 Å². The number of sulfonamides is 1. The fraction of sp³-hybridized carbons (Fsp3) is 0.235. The number of halogens is 2. The van der Waals surface area contributed by atoms with Crippen LogP contribution in [0.15, 0.2) is 42.5 Å². The molecule has 1 amide bonds. The normalized spacial score (nSPS) is 11.1. The number of hydrogen-bond donors (Lipinski definition) is 1. The molecule has 0 atom stereocenters. The zero-order chi connectivity index (χ0) is 19.3. The van der Waals surface area contributed by atoms with Crippen molar-refractivity contribution in [1.82, 2.24) is 0 Å². The summed E-state index contributed by atoms with van der Waals surface area (Å²) in [5.74, 6) is -0.0573. The average molecular weight is 417 g/mol. The van der Waals surface area contributed by atoms with Crippen LogP contribution in [0.2, 0.25) is 10.0 Å². The van der Waals surface area contributed by atoms with Crippen LogP contribution in [-0.2, 0) is 14.8 Å². The Bertz CT molecular complexity index is 886. The standard InChI is InChI=1S/C17H18Cl2N2O4S/c1-3-26(23,24)21(13-5-7-14(25-2)8-6-13)11-17(22)20-12-4-9-15(18)16(19)10-12/h4-10H,3,11H2,1-2H3,(H,20,22). The van der Waals surface area contributed by atoms with E-state index >= 15 is 0 Å². The van der Waals surface area contributed by atoms with Gasteiger partial charge in [0.2, 0.25) is 15.9 Å². The molecule has 26 heavy (non-hydrogen) atoms. The molecule has 1 N–H and O–H groups in total.